The van der Waals surface area contributed by atoms with Gasteiger partial charge in [0.2, 0.25) is 0 Å². The first kappa shape index (κ1) is 17.8. The van der Waals surface area contributed by atoms with E-state index in [1.165, 1.54) is 17.5 Å². The number of hydrogen-bond donors (Lipinski definition) is 2. The summed E-state index contributed by atoms with van der Waals surface area (Å²) in [5.74, 6) is 1.48. The van der Waals surface area contributed by atoms with Gasteiger partial charge in [-0.1, -0.05) is 60.7 Å². The third kappa shape index (κ3) is 4.70. The fraction of sp³-hybridized carbons (Fsp3) is 0.316. The Balaban J connectivity index is 0.00000192. The highest BCUT2D eigenvalue weighted by atomic mass is 127. The van der Waals surface area contributed by atoms with Crippen LogP contribution in [0.2, 0.25) is 0 Å². The van der Waals surface area contributed by atoms with E-state index >= 15 is 0 Å². The molecule has 1 saturated carbocycles. The predicted molar refractivity (Wildman–Crippen MR) is 107 cm³/mol. The van der Waals surface area contributed by atoms with Crippen molar-refractivity contribution in [2.45, 2.75) is 31.3 Å². The van der Waals surface area contributed by atoms with E-state index in [1.807, 2.05) is 13.1 Å². The zero-order chi connectivity index (χ0) is 15.4. The van der Waals surface area contributed by atoms with Gasteiger partial charge in [-0.15, -0.1) is 24.0 Å². The molecule has 0 amide bonds. The number of benzene rings is 2. The monoisotopic (exact) mass is 421 g/mol. The second-order valence-corrected chi connectivity index (χ2v) is 5.85. The van der Waals surface area contributed by atoms with Gasteiger partial charge >= 0.3 is 0 Å². The molecule has 122 valence electrons. The number of hydrogen-bond acceptors (Lipinski definition) is 1. The lowest BCUT2D eigenvalue weighted by Gasteiger charge is -2.18. The molecule has 3 nitrogen and oxygen atoms in total. The summed E-state index contributed by atoms with van der Waals surface area (Å²) in [6.07, 6.45) is 1.17. The van der Waals surface area contributed by atoms with Crippen molar-refractivity contribution in [2.24, 2.45) is 4.99 Å². The molecule has 0 saturated heterocycles. The standard InChI is InChI=1S/C19H23N3.HI/c1-14(15-9-5-3-6-10-15)21-19(20-2)22-18-13-17(18)16-11-7-4-8-12-16;/h3-12,14,17-18H,13H2,1-2H3,(H2,20,21,22);1H. The number of nitrogens with one attached hydrogen (secondary N) is 2. The maximum Gasteiger partial charge on any atom is 0.191 e. The smallest absolute Gasteiger partial charge is 0.191 e. The van der Waals surface area contributed by atoms with Crippen LogP contribution in [0.3, 0.4) is 0 Å². The lowest BCUT2D eigenvalue weighted by atomic mass is 10.1. The second kappa shape index (κ2) is 8.34. The zero-order valence-electron chi connectivity index (χ0n) is 13.6. The number of rotatable bonds is 4. The Morgan fingerprint density at radius 3 is 2.26 bits per heavy atom. The topological polar surface area (TPSA) is 36.4 Å². The Morgan fingerprint density at radius 1 is 1.04 bits per heavy atom. The Morgan fingerprint density at radius 2 is 1.65 bits per heavy atom. The summed E-state index contributed by atoms with van der Waals surface area (Å²) in [7, 11) is 1.83. The molecular formula is C19H24IN3. The SMILES string of the molecule is CN=C(NC(C)c1ccccc1)NC1CC1c1ccccc1.I. The van der Waals surface area contributed by atoms with Gasteiger partial charge in [0, 0.05) is 19.0 Å². The molecule has 2 aromatic rings. The number of nitrogens with zero attached hydrogens (tertiary/aromatic N) is 1. The Bertz CT molecular complexity index is 628. The lowest BCUT2D eigenvalue weighted by molar-refractivity contribution is 0.681. The summed E-state index contributed by atoms with van der Waals surface area (Å²) in [6.45, 7) is 2.16. The molecule has 3 unspecified atom stereocenters. The summed E-state index contributed by atoms with van der Waals surface area (Å²) in [5.41, 5.74) is 2.67. The molecule has 0 aliphatic heterocycles. The first-order chi connectivity index (χ1) is 10.8. The molecule has 0 heterocycles. The molecule has 1 aliphatic rings. The Labute approximate surface area is 155 Å². The molecule has 0 spiro atoms. The molecule has 3 rings (SSSR count). The van der Waals surface area contributed by atoms with Gasteiger partial charge in [0.15, 0.2) is 5.96 Å². The van der Waals surface area contributed by atoms with Crippen LogP contribution in [-0.4, -0.2) is 19.0 Å². The third-order valence-corrected chi connectivity index (χ3v) is 4.22. The van der Waals surface area contributed by atoms with Crippen LogP contribution in [0.5, 0.6) is 0 Å². The van der Waals surface area contributed by atoms with Crippen molar-refractivity contribution in [2.75, 3.05) is 7.05 Å². The first-order valence-corrected chi connectivity index (χ1v) is 7.87. The molecule has 2 aromatic carbocycles. The average Bonchev–Trinajstić information content (AvgIpc) is 3.35. The largest absolute Gasteiger partial charge is 0.353 e. The molecule has 2 N–H and O–H groups in total. The van der Waals surface area contributed by atoms with E-state index in [-0.39, 0.29) is 30.0 Å². The molecule has 1 aliphatic carbocycles. The van der Waals surface area contributed by atoms with E-state index < -0.39 is 0 Å². The van der Waals surface area contributed by atoms with Gasteiger partial charge in [-0.2, -0.15) is 0 Å². The van der Waals surface area contributed by atoms with Crippen LogP contribution < -0.4 is 10.6 Å². The fourth-order valence-corrected chi connectivity index (χ4v) is 2.80. The quantitative estimate of drug-likeness (QED) is 0.444. The molecular weight excluding hydrogens is 397 g/mol. The normalized spacial score (nSPS) is 21.0. The highest BCUT2D eigenvalue weighted by Gasteiger charge is 2.38. The molecule has 0 aromatic heterocycles. The molecule has 3 atom stereocenters. The van der Waals surface area contributed by atoms with Crippen molar-refractivity contribution in [3.8, 4) is 0 Å². The average molecular weight is 421 g/mol. The fourth-order valence-electron chi connectivity index (χ4n) is 2.80. The van der Waals surface area contributed by atoms with Crippen molar-refractivity contribution >= 4 is 29.9 Å². The van der Waals surface area contributed by atoms with E-state index in [4.69, 9.17) is 0 Å². The van der Waals surface area contributed by atoms with Gasteiger partial charge in [0.1, 0.15) is 0 Å². The Kier molecular flexibility index (Phi) is 6.45. The van der Waals surface area contributed by atoms with Gasteiger partial charge in [0.25, 0.3) is 0 Å². The first-order valence-electron chi connectivity index (χ1n) is 7.87. The van der Waals surface area contributed by atoms with E-state index in [1.54, 1.807) is 0 Å². The summed E-state index contributed by atoms with van der Waals surface area (Å²) >= 11 is 0. The highest BCUT2D eigenvalue weighted by molar-refractivity contribution is 14.0. The third-order valence-electron chi connectivity index (χ3n) is 4.22. The molecule has 0 bridgehead atoms. The van der Waals surface area contributed by atoms with Crippen molar-refractivity contribution in [1.29, 1.82) is 0 Å². The number of halogens is 1. The van der Waals surface area contributed by atoms with E-state index in [9.17, 15) is 0 Å². The molecule has 1 fully saturated rings. The van der Waals surface area contributed by atoms with E-state index in [2.05, 4.69) is 77.1 Å². The van der Waals surface area contributed by atoms with Gasteiger partial charge in [0.05, 0.1) is 6.04 Å². The highest BCUT2D eigenvalue weighted by Crippen LogP contribution is 2.40. The molecule has 4 heteroatoms. The summed E-state index contributed by atoms with van der Waals surface area (Å²) in [4.78, 5) is 4.36. The summed E-state index contributed by atoms with van der Waals surface area (Å²) in [6, 6.07) is 21.8. The van der Waals surface area contributed by atoms with E-state index in [0.717, 1.165) is 5.96 Å². The maximum atomic E-state index is 4.36. The second-order valence-electron chi connectivity index (χ2n) is 5.85. The van der Waals surface area contributed by atoms with Crippen molar-refractivity contribution < 1.29 is 0 Å². The number of guanidine groups is 1. The zero-order valence-corrected chi connectivity index (χ0v) is 15.9. The van der Waals surface area contributed by atoms with Crippen molar-refractivity contribution in [3.05, 3.63) is 71.8 Å². The summed E-state index contributed by atoms with van der Waals surface area (Å²) in [5, 5.41) is 6.99. The van der Waals surface area contributed by atoms with Crippen LogP contribution in [0.15, 0.2) is 65.7 Å². The van der Waals surface area contributed by atoms with Crippen LogP contribution in [0.25, 0.3) is 0 Å². The van der Waals surface area contributed by atoms with Gasteiger partial charge in [-0.3, -0.25) is 4.99 Å². The van der Waals surface area contributed by atoms with Crippen LogP contribution in [-0.2, 0) is 0 Å². The minimum absolute atomic E-state index is 0. The maximum absolute atomic E-state index is 4.36. The van der Waals surface area contributed by atoms with Crippen LogP contribution in [0.1, 0.15) is 36.4 Å². The lowest BCUT2D eigenvalue weighted by Crippen LogP contribution is -2.40. The predicted octanol–water partition coefficient (Wildman–Crippen LogP) is 4.09. The van der Waals surface area contributed by atoms with Gasteiger partial charge < -0.3 is 10.6 Å². The number of aliphatic imine (C=N–C) groups is 1. The van der Waals surface area contributed by atoms with Crippen molar-refractivity contribution in [1.82, 2.24) is 10.6 Å². The van der Waals surface area contributed by atoms with Crippen molar-refractivity contribution in [3.63, 3.8) is 0 Å². The van der Waals surface area contributed by atoms with Crippen LogP contribution >= 0.6 is 24.0 Å². The van der Waals surface area contributed by atoms with Crippen LogP contribution in [0, 0.1) is 0 Å². The van der Waals surface area contributed by atoms with E-state index in [0.29, 0.717) is 12.0 Å². The van der Waals surface area contributed by atoms with Gasteiger partial charge in [-0.25, -0.2) is 0 Å². The van der Waals surface area contributed by atoms with Gasteiger partial charge in [-0.05, 0) is 24.5 Å². The molecule has 23 heavy (non-hydrogen) atoms. The minimum atomic E-state index is 0. The minimum Gasteiger partial charge on any atom is -0.353 e. The molecule has 0 radical (unpaired) electrons. The Hall–Kier alpha value is -1.56. The summed E-state index contributed by atoms with van der Waals surface area (Å²) < 4.78 is 0. The van der Waals surface area contributed by atoms with Crippen LogP contribution in [0.4, 0.5) is 0 Å².